The number of methoxy groups -OCH3 is 1. The van der Waals surface area contributed by atoms with Gasteiger partial charge in [0.15, 0.2) is 0 Å². The molecule has 5 rings (SSSR count). The van der Waals surface area contributed by atoms with E-state index in [1.165, 1.54) is 5.56 Å². The second kappa shape index (κ2) is 9.98. The molecule has 0 amide bonds. The van der Waals surface area contributed by atoms with Gasteiger partial charge >= 0.3 is 0 Å². The Bertz CT molecular complexity index is 1260. The van der Waals surface area contributed by atoms with Gasteiger partial charge in [-0.15, -0.1) is 0 Å². The van der Waals surface area contributed by atoms with E-state index in [4.69, 9.17) is 9.47 Å². The first-order valence-corrected chi connectivity index (χ1v) is 11.6. The number of benzene rings is 4. The molecular formula is C31H28O3. The largest absolute Gasteiger partial charge is 0.497 e. The summed E-state index contributed by atoms with van der Waals surface area (Å²) in [6.45, 7) is 0.473. The van der Waals surface area contributed by atoms with Crippen LogP contribution in [0.25, 0.3) is 11.1 Å². The van der Waals surface area contributed by atoms with E-state index in [0.29, 0.717) is 13.0 Å². The SMILES string of the molecule is COc1ccc(C2=C(c3ccccc3OCc3ccccc3)[C@H](O)C[C@H]2c2ccccc2)cc1. The average molecular weight is 449 g/mol. The van der Waals surface area contributed by atoms with E-state index in [1.54, 1.807) is 7.11 Å². The van der Waals surface area contributed by atoms with Crippen LogP contribution < -0.4 is 9.47 Å². The van der Waals surface area contributed by atoms with Crippen LogP contribution in [0, 0.1) is 0 Å². The third-order valence-electron chi connectivity index (χ3n) is 6.45. The summed E-state index contributed by atoms with van der Waals surface area (Å²) in [5.74, 6) is 1.68. The zero-order valence-corrected chi connectivity index (χ0v) is 19.2. The summed E-state index contributed by atoms with van der Waals surface area (Å²) < 4.78 is 11.7. The van der Waals surface area contributed by atoms with Gasteiger partial charge in [-0.05, 0) is 52.5 Å². The summed E-state index contributed by atoms with van der Waals surface area (Å²) >= 11 is 0. The lowest BCUT2D eigenvalue weighted by atomic mass is 9.87. The molecule has 0 bridgehead atoms. The van der Waals surface area contributed by atoms with E-state index in [-0.39, 0.29) is 5.92 Å². The molecule has 0 aromatic heterocycles. The number of aliphatic hydroxyl groups is 1. The summed E-state index contributed by atoms with van der Waals surface area (Å²) in [5, 5.41) is 11.4. The van der Waals surface area contributed by atoms with Crippen molar-refractivity contribution in [3.05, 3.63) is 131 Å². The standard InChI is InChI=1S/C31H28O3/c1-33-25-18-16-24(17-19-25)30-27(23-12-6-3-7-13-23)20-28(32)31(30)26-14-8-9-15-29(26)34-21-22-10-4-2-5-11-22/h2-19,27-28,32H,20-21H2,1H3/t27-,28+/m0/s1. The molecule has 34 heavy (non-hydrogen) atoms. The third kappa shape index (κ3) is 4.48. The van der Waals surface area contributed by atoms with Crippen molar-refractivity contribution in [2.45, 2.75) is 25.0 Å². The lowest BCUT2D eigenvalue weighted by Crippen LogP contribution is -2.07. The van der Waals surface area contributed by atoms with Gasteiger partial charge in [-0.2, -0.15) is 0 Å². The molecule has 0 heterocycles. The predicted molar refractivity (Wildman–Crippen MR) is 137 cm³/mol. The van der Waals surface area contributed by atoms with Crippen molar-refractivity contribution in [1.82, 2.24) is 0 Å². The number of aliphatic hydroxyl groups excluding tert-OH is 1. The second-order valence-electron chi connectivity index (χ2n) is 8.54. The van der Waals surface area contributed by atoms with Crippen LogP contribution in [0.3, 0.4) is 0 Å². The molecule has 4 aromatic carbocycles. The van der Waals surface area contributed by atoms with Gasteiger partial charge in [0.2, 0.25) is 0 Å². The molecular weight excluding hydrogens is 420 g/mol. The maximum Gasteiger partial charge on any atom is 0.127 e. The fourth-order valence-corrected chi connectivity index (χ4v) is 4.82. The molecule has 0 unspecified atom stereocenters. The molecule has 0 spiro atoms. The summed E-state index contributed by atoms with van der Waals surface area (Å²) in [6, 6.07) is 36.7. The lowest BCUT2D eigenvalue weighted by Gasteiger charge is -2.19. The van der Waals surface area contributed by atoms with Crippen LogP contribution >= 0.6 is 0 Å². The fourth-order valence-electron chi connectivity index (χ4n) is 4.82. The third-order valence-corrected chi connectivity index (χ3v) is 6.45. The maximum atomic E-state index is 11.4. The second-order valence-corrected chi connectivity index (χ2v) is 8.54. The van der Waals surface area contributed by atoms with Crippen molar-refractivity contribution in [2.24, 2.45) is 0 Å². The average Bonchev–Trinajstić information content (AvgIpc) is 3.25. The molecule has 0 radical (unpaired) electrons. The smallest absolute Gasteiger partial charge is 0.127 e. The van der Waals surface area contributed by atoms with E-state index in [9.17, 15) is 5.11 Å². The zero-order chi connectivity index (χ0) is 23.3. The Morgan fingerprint density at radius 1 is 0.735 bits per heavy atom. The molecule has 1 aliphatic carbocycles. The summed E-state index contributed by atoms with van der Waals surface area (Å²) in [6.07, 6.45) is 0.0389. The maximum absolute atomic E-state index is 11.4. The van der Waals surface area contributed by atoms with Gasteiger partial charge in [-0.1, -0.05) is 91.0 Å². The van der Waals surface area contributed by atoms with E-state index in [1.807, 2.05) is 54.6 Å². The van der Waals surface area contributed by atoms with Crippen molar-refractivity contribution in [2.75, 3.05) is 7.11 Å². The van der Waals surface area contributed by atoms with Crippen LogP contribution in [0.2, 0.25) is 0 Å². The van der Waals surface area contributed by atoms with Gasteiger partial charge in [0, 0.05) is 11.5 Å². The Morgan fingerprint density at radius 2 is 1.38 bits per heavy atom. The van der Waals surface area contributed by atoms with Crippen molar-refractivity contribution >= 4 is 11.1 Å². The van der Waals surface area contributed by atoms with E-state index < -0.39 is 6.10 Å². The first-order valence-electron chi connectivity index (χ1n) is 11.6. The first kappa shape index (κ1) is 22.0. The molecule has 1 aliphatic rings. The van der Waals surface area contributed by atoms with Crippen molar-refractivity contribution in [1.29, 1.82) is 0 Å². The van der Waals surface area contributed by atoms with Crippen LogP contribution in [0.1, 0.15) is 34.6 Å². The molecule has 4 aromatic rings. The van der Waals surface area contributed by atoms with Gasteiger partial charge in [0.1, 0.15) is 18.1 Å². The molecule has 2 atom stereocenters. The Hall–Kier alpha value is -3.82. The van der Waals surface area contributed by atoms with Crippen LogP contribution in [0.4, 0.5) is 0 Å². The minimum atomic E-state index is -0.594. The van der Waals surface area contributed by atoms with Gasteiger partial charge in [0.25, 0.3) is 0 Å². The van der Waals surface area contributed by atoms with Crippen LogP contribution in [-0.2, 0) is 6.61 Å². The van der Waals surface area contributed by atoms with Gasteiger partial charge < -0.3 is 14.6 Å². The van der Waals surface area contributed by atoms with Crippen LogP contribution in [0.5, 0.6) is 11.5 Å². The molecule has 0 saturated carbocycles. The molecule has 3 nitrogen and oxygen atoms in total. The lowest BCUT2D eigenvalue weighted by molar-refractivity contribution is 0.225. The van der Waals surface area contributed by atoms with Crippen molar-refractivity contribution in [3.63, 3.8) is 0 Å². The van der Waals surface area contributed by atoms with E-state index in [0.717, 1.165) is 39.3 Å². The van der Waals surface area contributed by atoms with Gasteiger partial charge in [0.05, 0.1) is 13.2 Å². The molecule has 1 N–H and O–H groups in total. The Kier molecular flexibility index (Phi) is 6.46. The minimum absolute atomic E-state index is 0.0850. The quantitative estimate of drug-likeness (QED) is 0.341. The van der Waals surface area contributed by atoms with Gasteiger partial charge in [-0.25, -0.2) is 0 Å². The number of para-hydroxylation sites is 1. The predicted octanol–water partition coefficient (Wildman–Crippen LogP) is 6.73. The summed E-state index contributed by atoms with van der Waals surface area (Å²) in [4.78, 5) is 0. The number of ether oxygens (including phenoxy) is 2. The molecule has 0 saturated heterocycles. The molecule has 0 fully saturated rings. The molecule has 170 valence electrons. The van der Waals surface area contributed by atoms with Crippen LogP contribution in [0.15, 0.2) is 109 Å². The topological polar surface area (TPSA) is 38.7 Å². The highest BCUT2D eigenvalue weighted by Gasteiger charge is 2.36. The Labute approximate surface area is 200 Å². The normalized spacial score (nSPS) is 17.6. The van der Waals surface area contributed by atoms with Crippen LogP contribution in [-0.4, -0.2) is 18.3 Å². The highest BCUT2D eigenvalue weighted by atomic mass is 16.5. The monoisotopic (exact) mass is 448 g/mol. The van der Waals surface area contributed by atoms with Gasteiger partial charge in [-0.3, -0.25) is 0 Å². The first-order chi connectivity index (χ1) is 16.7. The number of rotatable bonds is 7. The number of hydrogen-bond acceptors (Lipinski definition) is 3. The number of allylic oxidation sites excluding steroid dienone is 1. The summed E-state index contributed by atoms with van der Waals surface area (Å²) in [7, 11) is 1.67. The van der Waals surface area contributed by atoms with Crippen molar-refractivity contribution < 1.29 is 14.6 Å². The highest BCUT2D eigenvalue weighted by Crippen LogP contribution is 2.50. The zero-order valence-electron chi connectivity index (χ0n) is 19.2. The highest BCUT2D eigenvalue weighted by molar-refractivity contribution is 5.99. The molecule has 0 aliphatic heterocycles. The minimum Gasteiger partial charge on any atom is -0.497 e. The van der Waals surface area contributed by atoms with Crippen molar-refractivity contribution in [3.8, 4) is 11.5 Å². The van der Waals surface area contributed by atoms with E-state index >= 15 is 0 Å². The van der Waals surface area contributed by atoms with E-state index in [2.05, 4.69) is 54.6 Å². The molecule has 3 heteroatoms. The fraction of sp³-hybridized carbons (Fsp3) is 0.161. The Balaban J connectivity index is 1.62. The Morgan fingerprint density at radius 3 is 2.09 bits per heavy atom. The summed E-state index contributed by atoms with van der Waals surface area (Å²) in [5.41, 5.74) is 6.40. The number of hydrogen-bond donors (Lipinski definition) is 1.